The molecular formula is C22H25N5O4S. The molecule has 0 atom stereocenters. The number of nitrogens with one attached hydrogen (secondary N) is 1. The van der Waals surface area contributed by atoms with Crippen molar-refractivity contribution in [3.8, 4) is 17.3 Å². The van der Waals surface area contributed by atoms with E-state index in [0.717, 1.165) is 0 Å². The molecule has 10 heteroatoms. The number of phenols is 1. The minimum Gasteiger partial charge on any atom is -0.506 e. The van der Waals surface area contributed by atoms with E-state index in [1.165, 1.54) is 17.8 Å². The van der Waals surface area contributed by atoms with Gasteiger partial charge in [-0.1, -0.05) is 23.9 Å². The van der Waals surface area contributed by atoms with Crippen molar-refractivity contribution in [3.05, 3.63) is 42.7 Å². The average Bonchev–Trinajstić information content (AvgIpc) is 3.48. The molecule has 2 aromatic heterocycles. The Kier molecular flexibility index (Phi) is 6.79. The second-order valence-electron chi connectivity index (χ2n) is 7.48. The zero-order valence-electron chi connectivity index (χ0n) is 17.7. The predicted molar refractivity (Wildman–Crippen MR) is 120 cm³/mol. The Morgan fingerprint density at radius 2 is 1.97 bits per heavy atom. The highest BCUT2D eigenvalue weighted by molar-refractivity contribution is 7.99. The highest BCUT2D eigenvalue weighted by Crippen LogP contribution is 2.27. The van der Waals surface area contributed by atoms with Gasteiger partial charge in [0.25, 0.3) is 0 Å². The second-order valence-corrected chi connectivity index (χ2v) is 8.42. The van der Waals surface area contributed by atoms with Crippen LogP contribution in [0.4, 0.5) is 5.69 Å². The van der Waals surface area contributed by atoms with Crippen molar-refractivity contribution in [2.24, 2.45) is 5.92 Å². The van der Waals surface area contributed by atoms with Crippen LogP contribution in [-0.2, 0) is 16.1 Å². The van der Waals surface area contributed by atoms with Gasteiger partial charge in [-0.3, -0.25) is 14.2 Å². The lowest BCUT2D eigenvalue weighted by molar-refractivity contribution is -0.132. The number of furan rings is 1. The van der Waals surface area contributed by atoms with Crippen LogP contribution in [0.25, 0.3) is 11.6 Å². The van der Waals surface area contributed by atoms with E-state index in [9.17, 15) is 14.7 Å². The minimum atomic E-state index is -0.189. The molecule has 3 aromatic rings. The Balaban J connectivity index is 1.28. The second kappa shape index (κ2) is 9.90. The summed E-state index contributed by atoms with van der Waals surface area (Å²) in [5.74, 6) is 1.27. The standard InChI is InChI=1S/C22H25N5O4S/c1-2-27-20(18-8-5-13-31-18)24-25-22(27)32-14-19(29)26-11-9-15(10-12-26)21(30)23-16-6-3-4-7-17(16)28/h3-8,13,15,28H,2,9-12,14H2,1H3,(H,23,30). The van der Waals surface area contributed by atoms with Crippen molar-refractivity contribution in [2.75, 3.05) is 24.2 Å². The number of rotatable bonds is 7. The molecule has 9 nitrogen and oxygen atoms in total. The molecule has 1 saturated heterocycles. The van der Waals surface area contributed by atoms with Crippen LogP contribution in [0.1, 0.15) is 19.8 Å². The van der Waals surface area contributed by atoms with Gasteiger partial charge in [0.2, 0.25) is 11.8 Å². The van der Waals surface area contributed by atoms with E-state index >= 15 is 0 Å². The molecule has 4 rings (SSSR count). The summed E-state index contributed by atoms with van der Waals surface area (Å²) >= 11 is 1.35. The molecule has 0 bridgehead atoms. The van der Waals surface area contributed by atoms with Gasteiger partial charge in [0.1, 0.15) is 5.75 Å². The minimum absolute atomic E-state index is 0.0137. The number of para-hydroxylation sites is 2. The zero-order chi connectivity index (χ0) is 22.5. The number of likely N-dealkylation sites (tertiary alicyclic amines) is 1. The van der Waals surface area contributed by atoms with Gasteiger partial charge >= 0.3 is 0 Å². The van der Waals surface area contributed by atoms with Gasteiger partial charge in [0.05, 0.1) is 17.7 Å². The van der Waals surface area contributed by atoms with Gasteiger partial charge in [-0.05, 0) is 44.0 Å². The Hall–Kier alpha value is -3.27. The van der Waals surface area contributed by atoms with E-state index in [4.69, 9.17) is 4.42 Å². The number of thioether (sulfide) groups is 1. The highest BCUT2D eigenvalue weighted by Gasteiger charge is 2.28. The molecule has 0 unspecified atom stereocenters. The summed E-state index contributed by atoms with van der Waals surface area (Å²) in [5, 5.41) is 21.7. The summed E-state index contributed by atoms with van der Waals surface area (Å²) in [5.41, 5.74) is 0.404. The SMILES string of the molecule is CCn1c(SCC(=O)N2CCC(C(=O)Nc3ccccc3O)CC2)nnc1-c1ccco1. The van der Waals surface area contributed by atoms with Crippen molar-refractivity contribution in [1.29, 1.82) is 0 Å². The molecule has 0 radical (unpaired) electrons. The summed E-state index contributed by atoms with van der Waals surface area (Å²) in [4.78, 5) is 27.0. The predicted octanol–water partition coefficient (Wildman–Crippen LogP) is 3.23. The number of benzene rings is 1. The number of aromatic hydroxyl groups is 1. The lowest BCUT2D eigenvalue weighted by Gasteiger charge is -2.31. The Morgan fingerprint density at radius 1 is 1.19 bits per heavy atom. The molecule has 168 valence electrons. The Morgan fingerprint density at radius 3 is 2.66 bits per heavy atom. The van der Waals surface area contributed by atoms with E-state index in [1.807, 2.05) is 17.6 Å². The molecule has 0 saturated carbocycles. The van der Waals surface area contributed by atoms with E-state index in [0.29, 0.717) is 54.9 Å². The lowest BCUT2D eigenvalue weighted by atomic mass is 9.96. The molecule has 1 aromatic carbocycles. The number of aromatic nitrogens is 3. The first-order valence-electron chi connectivity index (χ1n) is 10.5. The molecule has 0 aliphatic carbocycles. The van der Waals surface area contributed by atoms with Gasteiger partial charge in [0.15, 0.2) is 16.7 Å². The van der Waals surface area contributed by atoms with Gasteiger partial charge < -0.3 is 19.7 Å². The van der Waals surface area contributed by atoms with Crippen LogP contribution < -0.4 is 5.32 Å². The monoisotopic (exact) mass is 455 g/mol. The molecule has 2 amide bonds. The number of amides is 2. The molecule has 1 aliphatic heterocycles. The van der Waals surface area contributed by atoms with Crippen LogP contribution in [0.5, 0.6) is 5.75 Å². The fourth-order valence-corrected chi connectivity index (χ4v) is 4.60. The van der Waals surface area contributed by atoms with Gasteiger partial charge in [-0.15, -0.1) is 10.2 Å². The summed E-state index contributed by atoms with van der Waals surface area (Å²) in [6.07, 6.45) is 2.76. The van der Waals surface area contributed by atoms with Crippen molar-refractivity contribution < 1.29 is 19.1 Å². The molecule has 0 spiro atoms. The van der Waals surface area contributed by atoms with Crippen LogP contribution >= 0.6 is 11.8 Å². The molecule has 1 fully saturated rings. The van der Waals surface area contributed by atoms with Gasteiger partial charge in [-0.2, -0.15) is 0 Å². The first-order chi connectivity index (χ1) is 15.6. The van der Waals surface area contributed by atoms with E-state index in [1.54, 1.807) is 35.4 Å². The number of hydrogen-bond donors (Lipinski definition) is 2. The number of carbonyl (C=O) groups excluding carboxylic acids is 2. The number of carbonyl (C=O) groups is 2. The van der Waals surface area contributed by atoms with Crippen LogP contribution in [0, 0.1) is 5.92 Å². The third-order valence-electron chi connectivity index (χ3n) is 5.48. The lowest BCUT2D eigenvalue weighted by Crippen LogP contribution is -2.42. The van der Waals surface area contributed by atoms with Crippen molar-refractivity contribution >= 4 is 29.3 Å². The number of hydrogen-bond acceptors (Lipinski definition) is 7. The van der Waals surface area contributed by atoms with Crippen LogP contribution in [0.2, 0.25) is 0 Å². The van der Waals surface area contributed by atoms with Crippen molar-refractivity contribution in [2.45, 2.75) is 31.5 Å². The highest BCUT2D eigenvalue weighted by atomic mass is 32.2. The maximum absolute atomic E-state index is 12.7. The first-order valence-corrected chi connectivity index (χ1v) is 11.5. The number of piperidine rings is 1. The molecular weight excluding hydrogens is 430 g/mol. The zero-order valence-corrected chi connectivity index (χ0v) is 18.5. The Bertz CT molecular complexity index is 1070. The third kappa shape index (κ3) is 4.80. The number of nitrogens with zero attached hydrogens (tertiary/aromatic N) is 4. The number of anilines is 1. The summed E-state index contributed by atoms with van der Waals surface area (Å²) in [6.45, 7) is 3.70. The van der Waals surface area contributed by atoms with E-state index < -0.39 is 0 Å². The summed E-state index contributed by atoms with van der Waals surface area (Å²) in [7, 11) is 0. The third-order valence-corrected chi connectivity index (χ3v) is 6.43. The van der Waals surface area contributed by atoms with Crippen molar-refractivity contribution in [1.82, 2.24) is 19.7 Å². The Labute approximate surface area is 189 Å². The first kappa shape index (κ1) is 21.9. The fourth-order valence-electron chi connectivity index (χ4n) is 3.69. The molecule has 1 aliphatic rings. The van der Waals surface area contributed by atoms with Gasteiger partial charge in [0, 0.05) is 25.6 Å². The largest absolute Gasteiger partial charge is 0.506 e. The molecule has 2 N–H and O–H groups in total. The maximum Gasteiger partial charge on any atom is 0.233 e. The summed E-state index contributed by atoms with van der Waals surface area (Å²) in [6, 6.07) is 10.3. The smallest absolute Gasteiger partial charge is 0.233 e. The maximum atomic E-state index is 12.7. The fraction of sp³-hybridized carbons (Fsp3) is 0.364. The quantitative estimate of drug-likeness (QED) is 0.415. The average molecular weight is 456 g/mol. The molecule has 32 heavy (non-hydrogen) atoms. The number of phenolic OH excluding ortho intramolecular Hbond substituents is 1. The van der Waals surface area contributed by atoms with Crippen molar-refractivity contribution in [3.63, 3.8) is 0 Å². The molecule has 3 heterocycles. The van der Waals surface area contributed by atoms with E-state index in [2.05, 4.69) is 15.5 Å². The van der Waals surface area contributed by atoms with E-state index in [-0.39, 0.29) is 29.2 Å². The normalized spacial score (nSPS) is 14.5. The van der Waals surface area contributed by atoms with Crippen LogP contribution in [-0.4, -0.2) is 55.4 Å². The summed E-state index contributed by atoms with van der Waals surface area (Å²) < 4.78 is 7.34. The van der Waals surface area contributed by atoms with Crippen LogP contribution in [0.3, 0.4) is 0 Å². The van der Waals surface area contributed by atoms with Gasteiger partial charge in [-0.25, -0.2) is 0 Å². The van der Waals surface area contributed by atoms with Crippen LogP contribution in [0.15, 0.2) is 52.2 Å². The topological polar surface area (TPSA) is 113 Å².